The van der Waals surface area contributed by atoms with Crippen molar-refractivity contribution in [1.29, 1.82) is 0 Å². The summed E-state index contributed by atoms with van der Waals surface area (Å²) in [7, 11) is 6.36. The zero-order chi connectivity index (χ0) is 47.8. The van der Waals surface area contributed by atoms with Gasteiger partial charge >= 0.3 is 5.97 Å². The number of carbonyl (C=O) groups is 2. The van der Waals surface area contributed by atoms with E-state index in [0.29, 0.717) is 67.9 Å². The van der Waals surface area contributed by atoms with Crippen LogP contribution in [0.2, 0.25) is 0 Å². The molecule has 1 aliphatic heterocycles. The number of amides is 1. The van der Waals surface area contributed by atoms with E-state index in [1.165, 1.54) is 37.7 Å². The first kappa shape index (κ1) is 53.3. The molecule has 0 radical (unpaired) electrons. The highest BCUT2D eigenvalue weighted by molar-refractivity contribution is 5.66. The van der Waals surface area contributed by atoms with Gasteiger partial charge in [0.25, 0.3) is 0 Å². The molecule has 0 saturated carbocycles. The fourth-order valence-electron chi connectivity index (χ4n) is 8.34. The van der Waals surface area contributed by atoms with Gasteiger partial charge in [0.2, 0.25) is 18.2 Å². The first-order valence-electron chi connectivity index (χ1n) is 22.5. The molecule has 4 rings (SSSR count). The largest absolute Gasteiger partial charge is 0.462 e. The zero-order valence-electron chi connectivity index (χ0n) is 39.5. The molecule has 3 aromatic heterocycles. The molecule has 14 unspecified atom stereocenters. The van der Waals surface area contributed by atoms with E-state index < -0.39 is 60.7 Å². The fourth-order valence-corrected chi connectivity index (χ4v) is 8.34. The van der Waals surface area contributed by atoms with Crippen molar-refractivity contribution in [3.63, 3.8) is 0 Å². The van der Waals surface area contributed by atoms with Gasteiger partial charge in [-0.15, -0.1) is 0 Å². The van der Waals surface area contributed by atoms with Crippen LogP contribution in [0.15, 0.2) is 56.5 Å². The maximum atomic E-state index is 12.1. The average Bonchev–Trinajstić information content (AvgIpc) is 4.08. The van der Waals surface area contributed by atoms with Crippen molar-refractivity contribution >= 4 is 12.4 Å². The minimum Gasteiger partial charge on any atom is -0.462 e. The van der Waals surface area contributed by atoms with Crippen LogP contribution in [-0.2, 0) is 39.7 Å². The van der Waals surface area contributed by atoms with E-state index in [4.69, 9.17) is 36.9 Å². The van der Waals surface area contributed by atoms with Gasteiger partial charge in [-0.3, -0.25) is 9.59 Å². The van der Waals surface area contributed by atoms with E-state index in [0.717, 1.165) is 0 Å². The van der Waals surface area contributed by atoms with Gasteiger partial charge in [0.1, 0.15) is 36.7 Å². The number of ether oxygens (including phenoxy) is 5. The number of fused-ring (bicyclic) bond motifs is 8. The van der Waals surface area contributed by atoms with Gasteiger partial charge in [-0.25, -0.2) is 15.0 Å². The van der Waals surface area contributed by atoms with E-state index >= 15 is 0 Å². The summed E-state index contributed by atoms with van der Waals surface area (Å²) in [5.41, 5.74) is 1.19. The third-order valence-electron chi connectivity index (χ3n) is 12.5. The number of aromatic nitrogens is 3. The Balaban J connectivity index is 1.52. The third kappa shape index (κ3) is 15.7. The Morgan fingerprint density at radius 1 is 0.954 bits per heavy atom. The zero-order valence-corrected chi connectivity index (χ0v) is 39.5. The molecule has 0 aromatic carbocycles. The number of methoxy groups -OCH3 is 3. The lowest BCUT2D eigenvalue weighted by Gasteiger charge is -2.36. The van der Waals surface area contributed by atoms with Gasteiger partial charge in [0.05, 0.1) is 36.6 Å². The molecule has 0 fully saturated rings. The molecule has 364 valence electrons. The highest BCUT2D eigenvalue weighted by Gasteiger charge is 2.35. The van der Waals surface area contributed by atoms with E-state index in [9.17, 15) is 30.0 Å². The number of rotatable bonds is 16. The molecule has 0 saturated heterocycles. The van der Waals surface area contributed by atoms with Gasteiger partial charge in [0, 0.05) is 84.4 Å². The number of aliphatic hydroxyl groups excluding tert-OH is 4. The van der Waals surface area contributed by atoms with Crippen molar-refractivity contribution in [1.82, 2.24) is 19.9 Å². The van der Waals surface area contributed by atoms with Gasteiger partial charge in [-0.2, -0.15) is 0 Å². The van der Waals surface area contributed by atoms with Crippen molar-refractivity contribution in [2.45, 2.75) is 148 Å². The molecular weight excluding hydrogens is 845 g/mol. The number of aliphatic hydroxyl groups is 4. The summed E-state index contributed by atoms with van der Waals surface area (Å²) in [5.74, 6) is -1.09. The van der Waals surface area contributed by atoms with Crippen molar-refractivity contribution in [2.24, 2.45) is 29.6 Å². The third-order valence-corrected chi connectivity index (χ3v) is 12.5. The Hall–Kier alpha value is -4.27. The fraction of sp³-hybridized carbons (Fsp3) is 0.681. The number of esters is 1. The van der Waals surface area contributed by atoms with Crippen LogP contribution in [0, 0.1) is 29.6 Å². The number of nitrogens with zero attached hydrogens (tertiary/aromatic N) is 4. The summed E-state index contributed by atoms with van der Waals surface area (Å²) in [4.78, 5) is 38.2. The maximum absolute atomic E-state index is 12.1. The molecule has 18 heteroatoms. The van der Waals surface area contributed by atoms with E-state index in [1.54, 1.807) is 52.6 Å². The molecule has 1 amide bonds. The molecule has 0 spiro atoms. The summed E-state index contributed by atoms with van der Waals surface area (Å²) in [6.07, 6.45) is 7.95. The molecule has 0 aliphatic carbocycles. The summed E-state index contributed by atoms with van der Waals surface area (Å²) in [6.45, 7) is 10.9. The van der Waals surface area contributed by atoms with Crippen LogP contribution in [0.4, 0.5) is 0 Å². The summed E-state index contributed by atoms with van der Waals surface area (Å²) in [5, 5.41) is 44.8. The second-order valence-electron chi connectivity index (χ2n) is 17.5. The Morgan fingerprint density at radius 3 is 2.32 bits per heavy atom. The highest BCUT2D eigenvalue weighted by Crippen LogP contribution is 2.33. The predicted molar refractivity (Wildman–Crippen MR) is 237 cm³/mol. The SMILES string of the molecule is COC(CC1OC(O)CC(O)C/C=C/C(O)C(C)C(OC)c2coc(n2)-c2coc(n2)-c2coc(n2)CCCC(OC)C1C)C(C)CCC(O)C(C)C(OC(C)=O)C(C)/C=C/N(C)C=O. The lowest BCUT2D eigenvalue weighted by molar-refractivity contribution is -0.185. The van der Waals surface area contributed by atoms with E-state index in [2.05, 4.69) is 15.0 Å². The monoisotopic (exact) mass is 917 g/mol. The van der Waals surface area contributed by atoms with Crippen LogP contribution in [0.3, 0.4) is 0 Å². The van der Waals surface area contributed by atoms with Crippen LogP contribution in [0.25, 0.3) is 23.2 Å². The topological polar surface area (TPSA) is 243 Å². The number of aryl methyl sites for hydroxylation is 1. The average molecular weight is 917 g/mol. The predicted octanol–water partition coefficient (Wildman–Crippen LogP) is 6.05. The first-order valence-corrected chi connectivity index (χ1v) is 22.5. The van der Waals surface area contributed by atoms with E-state index in [1.807, 2.05) is 27.7 Å². The number of oxazole rings is 3. The molecule has 4 N–H and O–H groups in total. The summed E-state index contributed by atoms with van der Waals surface area (Å²) < 4.78 is 47.0. The number of hydrogen-bond donors (Lipinski definition) is 4. The van der Waals surface area contributed by atoms with Gasteiger partial charge in [-0.05, 0) is 38.0 Å². The lowest BCUT2D eigenvalue weighted by Crippen LogP contribution is -2.40. The van der Waals surface area contributed by atoms with E-state index in [-0.39, 0.29) is 54.6 Å². The summed E-state index contributed by atoms with van der Waals surface area (Å²) >= 11 is 0. The van der Waals surface area contributed by atoms with Crippen LogP contribution in [-0.4, -0.2) is 130 Å². The van der Waals surface area contributed by atoms with Gasteiger partial charge in [-0.1, -0.05) is 52.8 Å². The van der Waals surface area contributed by atoms with Crippen LogP contribution < -0.4 is 0 Å². The van der Waals surface area contributed by atoms with Crippen molar-refractivity contribution in [3.05, 3.63) is 54.8 Å². The Kier molecular flexibility index (Phi) is 21.5. The molecule has 14 atom stereocenters. The number of carbonyl (C=O) groups excluding carboxylic acids is 2. The molecule has 3 aromatic rings. The maximum Gasteiger partial charge on any atom is 0.302 e. The molecular formula is C47H72N4O14. The van der Waals surface area contributed by atoms with Crippen molar-refractivity contribution < 1.29 is 67.0 Å². The lowest BCUT2D eigenvalue weighted by atomic mass is 9.83. The minimum atomic E-state index is -1.35. The molecule has 4 heterocycles. The Bertz CT molecular complexity index is 1910. The normalized spacial score (nSPS) is 27.4. The minimum absolute atomic E-state index is 0.0823. The van der Waals surface area contributed by atoms with Crippen LogP contribution >= 0.6 is 0 Å². The second-order valence-corrected chi connectivity index (χ2v) is 17.5. The quantitative estimate of drug-likeness (QED) is 0.0727. The molecule has 1 aliphatic rings. The van der Waals surface area contributed by atoms with Crippen molar-refractivity contribution in [2.75, 3.05) is 28.4 Å². The molecule has 18 nitrogen and oxygen atoms in total. The Morgan fingerprint density at radius 2 is 1.65 bits per heavy atom. The molecule has 6 bridgehead atoms. The first-order chi connectivity index (χ1) is 31.0. The standard InChI is InChI=1S/C47H72N4O14/c1-27(17-18-38(56)29(3)44(64-32(6)53)28(2)19-20-51(7)26-52)40(59-9)22-41-31(5)39(58-8)15-12-16-42-48-35(24-61-42)46-50-36(25-63-46)47-49-34(23-62-47)45(60-10)30(4)37(55)14-11-13-33(54)21-43(57)65-41/h11,14,19-20,23-31,33,37-41,43-45,54-57H,12-13,15-18,21-22H2,1-10H3/b14-11+,20-19+. The van der Waals surface area contributed by atoms with Crippen LogP contribution in [0.1, 0.15) is 104 Å². The Labute approximate surface area is 382 Å². The molecule has 65 heavy (non-hydrogen) atoms. The number of hydrogen-bond acceptors (Lipinski definition) is 17. The van der Waals surface area contributed by atoms with Gasteiger partial charge in [0.15, 0.2) is 23.6 Å². The van der Waals surface area contributed by atoms with Crippen LogP contribution in [0.5, 0.6) is 0 Å². The highest BCUT2D eigenvalue weighted by atomic mass is 16.6. The smallest absolute Gasteiger partial charge is 0.302 e. The summed E-state index contributed by atoms with van der Waals surface area (Å²) in [6, 6.07) is 0. The van der Waals surface area contributed by atoms with Gasteiger partial charge < -0.3 is 62.3 Å². The van der Waals surface area contributed by atoms with Crippen molar-refractivity contribution in [3.8, 4) is 23.2 Å². The second kappa shape index (κ2) is 26.2.